The number of carbonyl (C=O) groups is 1. The molecule has 0 heterocycles. The van der Waals surface area contributed by atoms with Gasteiger partial charge in [-0.05, 0) is 0 Å². The predicted molar refractivity (Wildman–Crippen MR) is 37.8 cm³/mol. The minimum atomic E-state index is 0. The van der Waals surface area contributed by atoms with Gasteiger partial charge in [0.1, 0.15) is 0 Å². The van der Waals surface area contributed by atoms with Gasteiger partial charge in [-0.3, -0.25) is 4.79 Å². The molecule has 1 amide bonds. The van der Waals surface area contributed by atoms with Crippen LogP contribution in [-0.4, -0.2) is 24.9 Å². The maximum absolute atomic E-state index is 10.4. The molecule has 0 N–H and O–H groups in total. The van der Waals surface area contributed by atoms with Gasteiger partial charge in [0, 0.05) is 21.9 Å². The highest BCUT2D eigenvalue weighted by Gasteiger charge is 1.95. The van der Waals surface area contributed by atoms with Crippen LogP contribution in [0.2, 0.25) is 0 Å². The second kappa shape index (κ2) is 4.62. The van der Waals surface area contributed by atoms with Crippen LogP contribution in [0.1, 0.15) is 22.2 Å². The Hall–Kier alpha value is -0.530. The summed E-state index contributed by atoms with van der Waals surface area (Å²) in [5, 5.41) is 0. The maximum Gasteiger partial charge on any atom is 0.221 e. The van der Waals surface area contributed by atoms with E-state index in [4.69, 9.17) is 0 Å². The zero-order valence-electron chi connectivity index (χ0n) is 5.06. The summed E-state index contributed by atoms with van der Waals surface area (Å²) in [5.74, 6) is 0.181. The Morgan fingerprint density at radius 1 is 1.62 bits per heavy atom. The van der Waals surface area contributed by atoms with Crippen LogP contribution in [0, 0.1) is 0 Å². The van der Waals surface area contributed by atoms with Gasteiger partial charge in [0.25, 0.3) is 0 Å². The molecule has 8 heavy (non-hydrogen) atoms. The molecule has 0 saturated carbocycles. The molecule has 0 aromatic carbocycles. The quantitative estimate of drug-likeness (QED) is 0.511. The molecule has 0 aliphatic carbocycles. The van der Waals surface area contributed by atoms with Gasteiger partial charge >= 0.3 is 0 Å². The number of hydrogen-bond acceptors (Lipinski definition) is 1. The lowest BCUT2D eigenvalue weighted by Crippen LogP contribution is -2.19. The predicted octanol–water partition coefficient (Wildman–Crippen LogP) is 1.37. The van der Waals surface area contributed by atoms with Gasteiger partial charge in [-0.2, -0.15) is 0 Å². The molecule has 0 aliphatic heterocycles. The van der Waals surface area contributed by atoms with Gasteiger partial charge in [0.2, 0.25) is 5.91 Å². The third-order valence-corrected chi connectivity index (χ3v) is 0.801. The molecular formula is C6H17NO. The fraction of sp³-hybridized carbons (Fsp3) is 0.833. The molecular weight excluding hydrogens is 102 g/mol. The van der Waals surface area contributed by atoms with Crippen molar-refractivity contribution in [3.8, 4) is 0 Å². The minimum absolute atomic E-state index is 0. The molecule has 0 aliphatic rings. The highest BCUT2D eigenvalue weighted by atomic mass is 16.2. The average Bonchev–Trinajstić information content (AvgIpc) is 1.65. The van der Waals surface area contributed by atoms with Crippen LogP contribution < -0.4 is 0 Å². The first kappa shape index (κ1) is 10.5. The summed E-state index contributed by atoms with van der Waals surface area (Å²) in [4.78, 5) is 12.0. The van der Waals surface area contributed by atoms with E-state index in [9.17, 15) is 4.79 Å². The Labute approximate surface area is 53.0 Å². The van der Waals surface area contributed by atoms with Gasteiger partial charge in [-0.15, -0.1) is 0 Å². The number of rotatable bonds is 1. The Bertz CT molecular complexity index is 73.5. The summed E-state index contributed by atoms with van der Waals surface area (Å²) in [6, 6.07) is 0. The van der Waals surface area contributed by atoms with E-state index in [1.807, 2.05) is 6.92 Å². The fourth-order valence-corrected chi connectivity index (χ4v) is 0.316. The van der Waals surface area contributed by atoms with E-state index in [0.29, 0.717) is 6.42 Å². The number of hydrogen-bond donors (Lipinski definition) is 0. The van der Waals surface area contributed by atoms with Crippen molar-refractivity contribution in [3.63, 3.8) is 0 Å². The summed E-state index contributed by atoms with van der Waals surface area (Å²) >= 11 is 0. The standard InChI is InChI=1S/C5H11NO.CH4.H2/c1-4-5(7)6(2)3;;/h4H2,1-3H3;1H4;1H/i;;1+1. The van der Waals surface area contributed by atoms with Crippen molar-refractivity contribution in [2.24, 2.45) is 0 Å². The van der Waals surface area contributed by atoms with Gasteiger partial charge < -0.3 is 4.90 Å². The molecule has 2 nitrogen and oxygen atoms in total. The zero-order valence-corrected chi connectivity index (χ0v) is 5.06. The Balaban J connectivity index is -0.000000180. The molecule has 0 radical (unpaired) electrons. The van der Waals surface area contributed by atoms with Crippen molar-refractivity contribution >= 4 is 5.91 Å². The lowest BCUT2D eigenvalue weighted by molar-refractivity contribution is -0.128. The van der Waals surface area contributed by atoms with Crippen molar-refractivity contribution < 1.29 is 6.22 Å². The lowest BCUT2D eigenvalue weighted by Gasteiger charge is -2.05. The third kappa shape index (κ3) is 3.65. The van der Waals surface area contributed by atoms with Crippen LogP contribution in [0.4, 0.5) is 0 Å². The van der Waals surface area contributed by atoms with E-state index in [-0.39, 0.29) is 14.8 Å². The first-order valence-corrected chi connectivity index (χ1v) is 2.38. The molecule has 0 bridgehead atoms. The summed E-state index contributed by atoms with van der Waals surface area (Å²) in [6.45, 7) is 1.85. The van der Waals surface area contributed by atoms with E-state index < -0.39 is 0 Å². The Morgan fingerprint density at radius 3 is 2.00 bits per heavy atom. The van der Waals surface area contributed by atoms with E-state index >= 15 is 0 Å². The first-order valence-electron chi connectivity index (χ1n) is 2.38. The molecule has 0 atom stereocenters. The van der Waals surface area contributed by atoms with Crippen LogP contribution in [0.5, 0.6) is 0 Å². The van der Waals surface area contributed by atoms with Gasteiger partial charge in [-0.1, -0.05) is 14.4 Å². The van der Waals surface area contributed by atoms with Crippen molar-refractivity contribution in [1.29, 1.82) is 0 Å². The normalized spacial score (nSPS) is 7.38. The highest BCUT2D eigenvalue weighted by molar-refractivity contribution is 5.75. The molecule has 0 saturated heterocycles. The van der Waals surface area contributed by atoms with Crippen molar-refractivity contribution in [3.05, 3.63) is 0 Å². The maximum atomic E-state index is 10.4. The van der Waals surface area contributed by atoms with Crippen LogP contribution in [-0.2, 0) is 4.79 Å². The lowest BCUT2D eigenvalue weighted by atomic mass is 10.4. The highest BCUT2D eigenvalue weighted by Crippen LogP contribution is 1.81. The molecule has 0 unspecified atom stereocenters. The smallest absolute Gasteiger partial charge is 0.221 e. The van der Waals surface area contributed by atoms with Crippen LogP contribution >= 0.6 is 0 Å². The Morgan fingerprint density at radius 2 is 2.00 bits per heavy atom. The molecule has 0 aromatic heterocycles. The fourth-order valence-electron chi connectivity index (χ4n) is 0.316. The molecule has 2 heteroatoms. The van der Waals surface area contributed by atoms with Crippen LogP contribution in [0.3, 0.4) is 0 Å². The molecule has 0 fully saturated rings. The van der Waals surface area contributed by atoms with E-state index in [1.54, 1.807) is 19.0 Å². The second-order valence-electron chi connectivity index (χ2n) is 1.64. The van der Waals surface area contributed by atoms with Crippen molar-refractivity contribution in [2.75, 3.05) is 14.1 Å². The van der Waals surface area contributed by atoms with Crippen molar-refractivity contribution in [1.82, 2.24) is 4.90 Å². The molecule has 0 rings (SSSR count). The monoisotopic (exact) mass is 120 g/mol. The van der Waals surface area contributed by atoms with Crippen LogP contribution in [0.25, 0.3) is 0 Å². The summed E-state index contributed by atoms with van der Waals surface area (Å²) in [5.41, 5.74) is 0. The zero-order chi connectivity index (χ0) is 5.86. The second-order valence-corrected chi connectivity index (χ2v) is 1.64. The first-order chi connectivity index (χ1) is 3.18. The Kier molecular flexibility index (Phi) is 6.04. The average molecular weight is 120 g/mol. The van der Waals surface area contributed by atoms with Gasteiger partial charge in [-0.25, -0.2) is 0 Å². The largest absolute Gasteiger partial charge is 0.349 e. The summed E-state index contributed by atoms with van der Waals surface area (Å²) in [6.07, 6.45) is 0.604. The molecule has 0 aromatic rings. The van der Waals surface area contributed by atoms with E-state index in [1.165, 1.54) is 0 Å². The number of carbonyl (C=O) groups excluding carboxylic acids is 1. The topological polar surface area (TPSA) is 20.3 Å². The SMILES string of the molecule is C.CCC(=O)N(C)C.[2HH]. The van der Waals surface area contributed by atoms with Crippen LogP contribution in [0.15, 0.2) is 0 Å². The summed E-state index contributed by atoms with van der Waals surface area (Å²) in [7, 11) is 3.51. The van der Waals surface area contributed by atoms with Crippen molar-refractivity contribution in [2.45, 2.75) is 20.8 Å². The molecule has 0 spiro atoms. The summed E-state index contributed by atoms with van der Waals surface area (Å²) < 4.78 is 0. The van der Waals surface area contributed by atoms with Gasteiger partial charge in [0.05, 0.1) is 0 Å². The number of nitrogens with zero attached hydrogens (tertiary/aromatic N) is 1. The molecule has 52 valence electrons. The third-order valence-electron chi connectivity index (χ3n) is 0.801. The van der Waals surface area contributed by atoms with Gasteiger partial charge in [0.15, 0.2) is 0 Å². The number of amides is 1. The van der Waals surface area contributed by atoms with E-state index in [0.717, 1.165) is 0 Å². The van der Waals surface area contributed by atoms with E-state index in [2.05, 4.69) is 0 Å². The minimum Gasteiger partial charge on any atom is -0.349 e.